The Balaban J connectivity index is 1.53. The van der Waals surface area contributed by atoms with Crippen LogP contribution in [0, 0.1) is 0 Å². The highest BCUT2D eigenvalue weighted by Gasteiger charge is 2.23. The molecule has 27 heavy (non-hydrogen) atoms. The van der Waals surface area contributed by atoms with Crippen molar-refractivity contribution in [1.29, 1.82) is 0 Å². The molecular weight excluding hydrogens is 409 g/mol. The first-order valence-electron chi connectivity index (χ1n) is 8.39. The summed E-state index contributed by atoms with van der Waals surface area (Å²) in [5.74, 6) is -0.252. The van der Waals surface area contributed by atoms with Gasteiger partial charge in [0.2, 0.25) is 15.9 Å². The first-order chi connectivity index (χ1) is 12.8. The van der Waals surface area contributed by atoms with E-state index in [1.807, 2.05) is 24.3 Å². The molecule has 1 saturated heterocycles. The second kappa shape index (κ2) is 8.48. The van der Waals surface area contributed by atoms with Crippen LogP contribution in [0.5, 0.6) is 0 Å². The van der Waals surface area contributed by atoms with E-state index in [-0.39, 0.29) is 17.3 Å². The van der Waals surface area contributed by atoms with E-state index in [0.717, 1.165) is 5.69 Å². The van der Waals surface area contributed by atoms with Crippen molar-refractivity contribution in [2.24, 2.45) is 0 Å². The molecule has 2 aromatic carbocycles. The third kappa shape index (κ3) is 5.13. The molecule has 0 spiro atoms. The molecule has 2 aromatic rings. The number of hydrogen-bond donors (Lipinski definition) is 1. The molecule has 1 aliphatic rings. The average molecular weight is 428 g/mol. The predicted octanol–water partition coefficient (Wildman–Crippen LogP) is 2.62. The average Bonchev–Trinajstić information content (AvgIpc) is 2.67. The maximum Gasteiger partial charge on any atom is 0.241 e. The smallest absolute Gasteiger partial charge is 0.241 e. The van der Waals surface area contributed by atoms with Gasteiger partial charge in [0, 0.05) is 41.9 Å². The quantitative estimate of drug-likeness (QED) is 0.795. The van der Waals surface area contributed by atoms with Gasteiger partial charge in [0.1, 0.15) is 0 Å². The van der Waals surface area contributed by atoms with Crippen molar-refractivity contribution in [2.45, 2.75) is 4.90 Å². The number of hydrogen-bond acceptors (Lipinski definition) is 4. The summed E-state index contributed by atoms with van der Waals surface area (Å²) >= 11 is 11.8. The first kappa shape index (κ1) is 19.9. The van der Waals surface area contributed by atoms with Gasteiger partial charge in [-0.25, -0.2) is 13.1 Å². The molecule has 0 aromatic heterocycles. The minimum absolute atomic E-state index is 0.0745. The van der Waals surface area contributed by atoms with E-state index in [0.29, 0.717) is 36.2 Å². The van der Waals surface area contributed by atoms with Crippen LogP contribution >= 0.6 is 23.2 Å². The number of nitrogens with one attached hydrogen (secondary N) is 1. The van der Waals surface area contributed by atoms with E-state index in [9.17, 15) is 13.2 Å². The highest BCUT2D eigenvalue weighted by Crippen LogP contribution is 2.21. The van der Waals surface area contributed by atoms with Crippen molar-refractivity contribution < 1.29 is 13.2 Å². The lowest BCUT2D eigenvalue weighted by Crippen LogP contribution is -2.51. The monoisotopic (exact) mass is 427 g/mol. The Morgan fingerprint density at radius 2 is 1.63 bits per heavy atom. The van der Waals surface area contributed by atoms with Crippen LogP contribution in [0.15, 0.2) is 53.4 Å². The summed E-state index contributed by atoms with van der Waals surface area (Å²) in [5, 5.41) is 1.12. The van der Waals surface area contributed by atoms with Gasteiger partial charge < -0.3 is 9.80 Å². The molecule has 0 radical (unpaired) electrons. The van der Waals surface area contributed by atoms with E-state index in [2.05, 4.69) is 9.62 Å². The highest BCUT2D eigenvalue weighted by molar-refractivity contribution is 7.89. The van der Waals surface area contributed by atoms with E-state index >= 15 is 0 Å². The van der Waals surface area contributed by atoms with Gasteiger partial charge in [0.15, 0.2) is 0 Å². The lowest BCUT2D eigenvalue weighted by molar-refractivity contribution is -0.130. The van der Waals surface area contributed by atoms with E-state index in [1.54, 1.807) is 4.90 Å². The number of nitrogens with zero attached hydrogens (tertiary/aromatic N) is 2. The number of carbonyl (C=O) groups is 1. The minimum Gasteiger partial charge on any atom is -0.368 e. The maximum atomic E-state index is 12.4. The third-order valence-electron chi connectivity index (χ3n) is 4.34. The Labute approximate surface area is 168 Å². The number of amides is 1. The summed E-state index contributed by atoms with van der Waals surface area (Å²) in [6, 6.07) is 13.4. The van der Waals surface area contributed by atoms with Crippen LogP contribution in [-0.4, -0.2) is 51.9 Å². The Bertz CT molecular complexity index is 912. The van der Waals surface area contributed by atoms with Crippen LogP contribution in [-0.2, 0) is 14.8 Å². The fourth-order valence-electron chi connectivity index (χ4n) is 2.85. The van der Waals surface area contributed by atoms with Crippen LogP contribution in [0.25, 0.3) is 0 Å². The van der Waals surface area contributed by atoms with Crippen molar-refractivity contribution in [3.8, 4) is 0 Å². The molecule has 0 bridgehead atoms. The molecular formula is C18H19Cl2N3O3S. The SMILES string of the molecule is O=C(CNS(=O)(=O)c1ccc(Cl)cc1)N1CCN(c2cccc(Cl)c2)CC1. The largest absolute Gasteiger partial charge is 0.368 e. The number of anilines is 1. The maximum absolute atomic E-state index is 12.4. The second-order valence-corrected chi connectivity index (χ2v) is 8.77. The van der Waals surface area contributed by atoms with Crippen LogP contribution < -0.4 is 9.62 Å². The predicted molar refractivity (Wildman–Crippen MR) is 107 cm³/mol. The van der Waals surface area contributed by atoms with Gasteiger partial charge >= 0.3 is 0 Å². The van der Waals surface area contributed by atoms with Crippen molar-refractivity contribution in [3.05, 3.63) is 58.6 Å². The number of benzene rings is 2. The molecule has 1 N–H and O–H groups in total. The molecule has 0 aliphatic carbocycles. The molecule has 144 valence electrons. The van der Waals surface area contributed by atoms with Crippen molar-refractivity contribution in [3.63, 3.8) is 0 Å². The fraction of sp³-hybridized carbons (Fsp3) is 0.278. The van der Waals surface area contributed by atoms with Crippen molar-refractivity contribution in [1.82, 2.24) is 9.62 Å². The zero-order valence-corrected chi connectivity index (χ0v) is 16.8. The minimum atomic E-state index is -3.75. The fourth-order valence-corrected chi connectivity index (χ4v) is 4.14. The molecule has 3 rings (SSSR count). The summed E-state index contributed by atoms with van der Waals surface area (Å²) in [6.45, 7) is 2.09. The Morgan fingerprint density at radius 3 is 2.26 bits per heavy atom. The third-order valence-corrected chi connectivity index (χ3v) is 6.25. The Morgan fingerprint density at radius 1 is 0.963 bits per heavy atom. The molecule has 1 heterocycles. The lowest BCUT2D eigenvalue weighted by atomic mass is 10.2. The van der Waals surface area contributed by atoms with Crippen molar-refractivity contribution >= 4 is 44.8 Å². The second-order valence-electron chi connectivity index (χ2n) is 6.13. The van der Waals surface area contributed by atoms with Gasteiger partial charge in [-0.05, 0) is 42.5 Å². The zero-order chi connectivity index (χ0) is 19.4. The zero-order valence-electron chi connectivity index (χ0n) is 14.4. The normalized spacial score (nSPS) is 15.0. The summed E-state index contributed by atoms with van der Waals surface area (Å²) < 4.78 is 26.9. The van der Waals surface area contributed by atoms with Gasteiger partial charge in [-0.3, -0.25) is 4.79 Å². The number of carbonyl (C=O) groups excluding carboxylic acids is 1. The van der Waals surface area contributed by atoms with Gasteiger partial charge in [-0.1, -0.05) is 29.3 Å². The van der Waals surface area contributed by atoms with Gasteiger partial charge in [-0.2, -0.15) is 0 Å². The molecule has 1 fully saturated rings. The van der Waals surface area contributed by atoms with Crippen LogP contribution in [0.2, 0.25) is 10.0 Å². The summed E-state index contributed by atoms with van der Waals surface area (Å²) in [6.07, 6.45) is 0. The summed E-state index contributed by atoms with van der Waals surface area (Å²) in [7, 11) is -3.75. The first-order valence-corrected chi connectivity index (χ1v) is 10.6. The van der Waals surface area contributed by atoms with Gasteiger partial charge in [0.25, 0.3) is 0 Å². The van der Waals surface area contributed by atoms with Crippen molar-refractivity contribution in [2.75, 3.05) is 37.6 Å². The van der Waals surface area contributed by atoms with E-state index in [4.69, 9.17) is 23.2 Å². The molecule has 0 unspecified atom stereocenters. The molecule has 6 nitrogen and oxygen atoms in total. The number of halogens is 2. The molecule has 0 saturated carbocycles. The van der Waals surface area contributed by atoms with E-state index < -0.39 is 10.0 Å². The number of piperazine rings is 1. The van der Waals surface area contributed by atoms with E-state index in [1.165, 1.54) is 24.3 Å². The topological polar surface area (TPSA) is 69.7 Å². The summed E-state index contributed by atoms with van der Waals surface area (Å²) in [5.41, 5.74) is 1.01. The van der Waals surface area contributed by atoms with Crippen LogP contribution in [0.1, 0.15) is 0 Å². The lowest BCUT2D eigenvalue weighted by Gasteiger charge is -2.36. The molecule has 9 heteroatoms. The highest BCUT2D eigenvalue weighted by atomic mass is 35.5. The number of sulfonamides is 1. The summed E-state index contributed by atoms with van der Waals surface area (Å²) in [4.78, 5) is 16.2. The Kier molecular flexibility index (Phi) is 6.26. The van der Waals surface area contributed by atoms with Gasteiger partial charge in [0.05, 0.1) is 11.4 Å². The molecule has 1 aliphatic heterocycles. The van der Waals surface area contributed by atoms with Gasteiger partial charge in [-0.15, -0.1) is 0 Å². The molecule has 0 atom stereocenters. The van der Waals surface area contributed by atoms with Crippen LogP contribution in [0.4, 0.5) is 5.69 Å². The standard InChI is InChI=1S/C18H19Cl2N3O3S/c19-14-4-6-17(7-5-14)27(25,26)21-13-18(24)23-10-8-22(9-11-23)16-3-1-2-15(20)12-16/h1-7,12,21H,8-11,13H2. The number of rotatable bonds is 5. The van der Waals surface area contributed by atoms with Crippen LogP contribution in [0.3, 0.4) is 0 Å². The Hall–Kier alpha value is -1.80. The molecule has 1 amide bonds.